The number of carbonyl (C=O) groups is 3. The third-order valence-electron chi connectivity index (χ3n) is 6.43. The first kappa shape index (κ1) is 36.0. The van der Waals surface area contributed by atoms with Crippen molar-refractivity contribution in [3.8, 4) is 0 Å². The molecule has 0 radical (unpaired) electrons. The fourth-order valence-corrected chi connectivity index (χ4v) is 4.13. The van der Waals surface area contributed by atoms with E-state index in [0.717, 1.165) is 16.7 Å². The Morgan fingerprint density at radius 2 is 1.43 bits per heavy atom. The number of carbonyl (C=O) groups excluding carboxylic acids is 3. The number of hydrogen-bond donors (Lipinski definition) is 4. The summed E-state index contributed by atoms with van der Waals surface area (Å²) < 4.78 is 7.39. The van der Waals surface area contributed by atoms with Crippen LogP contribution in [-0.2, 0) is 32.3 Å². The number of amides is 3. The molecule has 4 aromatic rings. The van der Waals surface area contributed by atoms with Crippen molar-refractivity contribution in [3.05, 3.63) is 120 Å². The maximum absolute atomic E-state index is 13.4. The Balaban J connectivity index is 0.00000337. The Morgan fingerprint density at radius 3 is 2.02 bits per heavy atom. The number of nitrogens with two attached hydrogens (primary N) is 1. The summed E-state index contributed by atoms with van der Waals surface area (Å²) in [6, 6.07) is 26.7. The topological polar surface area (TPSA) is 140 Å². The molecule has 44 heavy (non-hydrogen) atoms. The normalized spacial score (nSPS) is 12.1. The van der Waals surface area contributed by atoms with Gasteiger partial charge < -0.3 is 31.0 Å². The van der Waals surface area contributed by atoms with Crippen LogP contribution in [0, 0.1) is 0 Å². The zero-order chi connectivity index (χ0) is 30.0. The van der Waals surface area contributed by atoms with Crippen molar-refractivity contribution in [3.63, 3.8) is 0 Å². The summed E-state index contributed by atoms with van der Waals surface area (Å²) in [7, 11) is 0. The molecule has 2 atom stereocenters. The van der Waals surface area contributed by atoms with Crippen LogP contribution >= 0.6 is 24.8 Å². The summed E-state index contributed by atoms with van der Waals surface area (Å²) in [5, 5.41) is 8.39. The van der Waals surface area contributed by atoms with Crippen LogP contribution in [0.3, 0.4) is 0 Å². The first-order valence-corrected chi connectivity index (χ1v) is 13.6. The van der Waals surface area contributed by atoms with Gasteiger partial charge in [-0.3, -0.25) is 14.4 Å². The molecule has 0 spiro atoms. The monoisotopic (exact) mass is 640 g/mol. The molecule has 234 valence electrons. The molecule has 10 nitrogen and oxygen atoms in total. The molecule has 5 N–H and O–H groups in total. The van der Waals surface area contributed by atoms with Gasteiger partial charge in [-0.1, -0.05) is 91.0 Å². The van der Waals surface area contributed by atoms with Crippen molar-refractivity contribution in [2.75, 3.05) is 11.9 Å². The van der Waals surface area contributed by atoms with Gasteiger partial charge >= 0.3 is 0 Å². The second-order valence-electron chi connectivity index (χ2n) is 10.5. The quantitative estimate of drug-likeness (QED) is 0.174. The number of benzene rings is 3. The van der Waals surface area contributed by atoms with E-state index in [9.17, 15) is 14.4 Å². The van der Waals surface area contributed by atoms with Crippen LogP contribution in [-0.4, -0.2) is 45.5 Å². The van der Waals surface area contributed by atoms with Crippen LogP contribution in [0.25, 0.3) is 0 Å². The molecule has 1 heterocycles. The maximum Gasteiger partial charge on any atom is 0.250 e. The average Bonchev–Trinajstić information content (AvgIpc) is 3.44. The van der Waals surface area contributed by atoms with Crippen LogP contribution in [0.2, 0.25) is 0 Å². The van der Waals surface area contributed by atoms with Crippen LogP contribution in [0.15, 0.2) is 104 Å². The lowest BCUT2D eigenvalue weighted by molar-refractivity contribution is -0.130. The number of halogens is 2. The van der Waals surface area contributed by atoms with Gasteiger partial charge in [0.2, 0.25) is 11.8 Å². The standard InChI is InChI=1S/C32H36N6O4.2ClH/c1-32(2,33)31(41)36-26(21-42-20-24-14-8-4-9-15-24)29(39)37-27-19-38(22-35-27)28(25-16-10-5-11-17-25)30(40)34-18-23-12-6-3-7-13-23;;/h3-17,19,22,26,28H,18,20-21,33H2,1-2H3,(H,34,40)(H,36,41)(H,37,39);2*1H/t26-,28?;;/m1../s1. The summed E-state index contributed by atoms with van der Waals surface area (Å²) in [5.41, 5.74) is 7.40. The highest BCUT2D eigenvalue weighted by molar-refractivity contribution is 5.98. The first-order valence-electron chi connectivity index (χ1n) is 13.6. The molecular weight excluding hydrogens is 603 g/mol. The number of hydrogen-bond acceptors (Lipinski definition) is 6. The van der Waals surface area contributed by atoms with Crippen molar-refractivity contribution in [1.82, 2.24) is 20.2 Å². The number of imidazole rings is 1. The molecule has 1 aromatic heterocycles. The van der Waals surface area contributed by atoms with Gasteiger partial charge in [0.1, 0.15) is 12.1 Å². The van der Waals surface area contributed by atoms with Crippen LogP contribution in [0.4, 0.5) is 5.82 Å². The van der Waals surface area contributed by atoms with E-state index in [2.05, 4.69) is 20.9 Å². The van der Waals surface area contributed by atoms with Gasteiger partial charge in [-0.15, -0.1) is 24.8 Å². The molecule has 0 aliphatic rings. The summed E-state index contributed by atoms with van der Waals surface area (Å²) in [6.45, 7) is 3.64. The number of nitrogens with zero attached hydrogens (tertiary/aromatic N) is 2. The molecular formula is C32H38Cl2N6O4. The van der Waals surface area contributed by atoms with E-state index in [1.54, 1.807) is 24.6 Å². The maximum atomic E-state index is 13.4. The molecule has 4 rings (SSSR count). The predicted molar refractivity (Wildman–Crippen MR) is 175 cm³/mol. The van der Waals surface area contributed by atoms with E-state index in [-0.39, 0.29) is 49.8 Å². The fourth-order valence-electron chi connectivity index (χ4n) is 4.13. The number of anilines is 1. The zero-order valence-electron chi connectivity index (χ0n) is 24.5. The Morgan fingerprint density at radius 1 is 0.864 bits per heavy atom. The van der Waals surface area contributed by atoms with Crippen molar-refractivity contribution in [2.24, 2.45) is 5.73 Å². The van der Waals surface area contributed by atoms with E-state index < -0.39 is 29.4 Å². The average molecular weight is 642 g/mol. The highest BCUT2D eigenvalue weighted by atomic mass is 35.5. The van der Waals surface area contributed by atoms with Gasteiger partial charge in [0.25, 0.3) is 5.91 Å². The third kappa shape index (κ3) is 10.5. The van der Waals surface area contributed by atoms with Gasteiger partial charge in [-0.05, 0) is 30.5 Å². The fraction of sp³-hybridized carbons (Fsp3) is 0.250. The molecule has 0 aliphatic carbocycles. The van der Waals surface area contributed by atoms with E-state index in [0.29, 0.717) is 6.54 Å². The van der Waals surface area contributed by atoms with E-state index in [1.807, 2.05) is 91.0 Å². The van der Waals surface area contributed by atoms with E-state index in [4.69, 9.17) is 10.5 Å². The minimum atomic E-state index is -1.20. The van der Waals surface area contributed by atoms with Gasteiger partial charge in [0.15, 0.2) is 5.82 Å². The number of aromatic nitrogens is 2. The Hall–Kier alpha value is -4.22. The van der Waals surface area contributed by atoms with Crippen molar-refractivity contribution in [1.29, 1.82) is 0 Å². The highest BCUT2D eigenvalue weighted by Crippen LogP contribution is 2.21. The number of rotatable bonds is 13. The van der Waals surface area contributed by atoms with E-state index >= 15 is 0 Å². The van der Waals surface area contributed by atoms with Crippen molar-refractivity contribution >= 4 is 48.4 Å². The van der Waals surface area contributed by atoms with Gasteiger partial charge in [-0.2, -0.15) is 0 Å². The number of nitrogens with one attached hydrogen (secondary N) is 3. The second-order valence-corrected chi connectivity index (χ2v) is 10.5. The molecule has 0 fully saturated rings. The SMILES string of the molecule is CC(C)(N)C(=O)N[C@H](COCc1ccccc1)C(=O)Nc1cn(C(C(=O)NCc2ccccc2)c2ccccc2)cn1.Cl.Cl. The Bertz CT molecular complexity index is 1460. The Kier molecular flexibility index (Phi) is 14.0. The summed E-state index contributed by atoms with van der Waals surface area (Å²) in [4.78, 5) is 43.6. The van der Waals surface area contributed by atoms with E-state index in [1.165, 1.54) is 6.33 Å². The molecule has 0 saturated carbocycles. The molecule has 1 unspecified atom stereocenters. The number of ether oxygens (including phenoxy) is 1. The zero-order valence-corrected chi connectivity index (χ0v) is 26.1. The molecule has 12 heteroatoms. The summed E-state index contributed by atoms with van der Waals surface area (Å²) >= 11 is 0. The van der Waals surface area contributed by atoms with Crippen LogP contribution in [0.1, 0.15) is 36.6 Å². The molecule has 0 saturated heterocycles. The summed E-state index contributed by atoms with van der Waals surface area (Å²) in [6.07, 6.45) is 3.06. The molecule has 0 aliphatic heterocycles. The second kappa shape index (κ2) is 17.2. The van der Waals surface area contributed by atoms with Crippen LogP contribution < -0.4 is 21.7 Å². The van der Waals surface area contributed by atoms with Crippen molar-refractivity contribution < 1.29 is 19.1 Å². The lowest BCUT2D eigenvalue weighted by atomic mass is 10.1. The third-order valence-corrected chi connectivity index (χ3v) is 6.43. The van der Waals surface area contributed by atoms with Gasteiger partial charge in [0.05, 0.1) is 25.1 Å². The lowest BCUT2D eigenvalue weighted by Gasteiger charge is -2.23. The summed E-state index contributed by atoms with van der Waals surface area (Å²) in [5.74, 6) is -1.05. The lowest BCUT2D eigenvalue weighted by Crippen LogP contribution is -2.56. The van der Waals surface area contributed by atoms with Crippen molar-refractivity contribution in [2.45, 2.75) is 44.6 Å². The molecule has 0 bridgehead atoms. The largest absolute Gasteiger partial charge is 0.374 e. The minimum absolute atomic E-state index is 0. The first-order chi connectivity index (χ1) is 20.2. The minimum Gasteiger partial charge on any atom is -0.374 e. The molecule has 3 aromatic carbocycles. The van der Waals surface area contributed by atoms with Crippen LogP contribution in [0.5, 0.6) is 0 Å². The Labute approximate surface area is 269 Å². The molecule has 3 amide bonds. The highest BCUT2D eigenvalue weighted by Gasteiger charge is 2.29. The smallest absolute Gasteiger partial charge is 0.250 e. The van der Waals surface area contributed by atoms with Gasteiger partial charge in [-0.25, -0.2) is 4.98 Å². The predicted octanol–water partition coefficient (Wildman–Crippen LogP) is 4.01. The van der Waals surface area contributed by atoms with Gasteiger partial charge in [0, 0.05) is 12.7 Å².